The van der Waals surface area contributed by atoms with Gasteiger partial charge in [0.1, 0.15) is 0 Å². The maximum absolute atomic E-state index is 13.1. The van der Waals surface area contributed by atoms with Crippen LogP contribution in [0.2, 0.25) is 0 Å². The Balaban J connectivity index is 1.61. The molecule has 0 spiro atoms. The highest BCUT2D eigenvalue weighted by Crippen LogP contribution is 2.42. The van der Waals surface area contributed by atoms with E-state index in [-0.39, 0.29) is 50.4 Å². The molecule has 4 amide bonds. The lowest BCUT2D eigenvalue weighted by molar-refractivity contribution is -0.138. The molecule has 1 aliphatic heterocycles. The molecule has 8 nitrogen and oxygen atoms in total. The molecule has 2 aromatic carbocycles. The van der Waals surface area contributed by atoms with Crippen LogP contribution in [-0.2, 0) is 23.9 Å². The van der Waals surface area contributed by atoms with Crippen LogP contribution in [0.15, 0.2) is 80.3 Å². The summed E-state index contributed by atoms with van der Waals surface area (Å²) >= 11 is 2.53. The van der Waals surface area contributed by atoms with Crippen LogP contribution in [-0.4, -0.2) is 54.8 Å². The van der Waals surface area contributed by atoms with Crippen LogP contribution in [0.25, 0.3) is 0 Å². The molecule has 0 radical (unpaired) electrons. The van der Waals surface area contributed by atoms with E-state index >= 15 is 0 Å². The number of thioether (sulfide) groups is 2. The van der Waals surface area contributed by atoms with E-state index in [2.05, 4.69) is 5.32 Å². The maximum atomic E-state index is 13.1. The minimum atomic E-state index is -0.629. The van der Waals surface area contributed by atoms with Gasteiger partial charge in [0.15, 0.2) is 0 Å². The molecule has 1 aliphatic rings. The fourth-order valence-corrected chi connectivity index (χ4v) is 4.89. The average molecular weight is 486 g/mol. The predicted molar refractivity (Wildman–Crippen MR) is 126 cm³/mol. The molecular formula is C23H23N3O5S2. The zero-order valence-electron chi connectivity index (χ0n) is 17.7. The van der Waals surface area contributed by atoms with Crippen molar-refractivity contribution < 1.29 is 23.9 Å². The Hall–Kier alpha value is -3.08. The van der Waals surface area contributed by atoms with Crippen molar-refractivity contribution in [2.75, 3.05) is 26.3 Å². The second-order valence-electron chi connectivity index (χ2n) is 6.86. The predicted octanol–water partition coefficient (Wildman–Crippen LogP) is 2.16. The molecule has 0 atom stereocenters. The van der Waals surface area contributed by atoms with Gasteiger partial charge >= 0.3 is 0 Å². The van der Waals surface area contributed by atoms with E-state index in [1.807, 2.05) is 60.7 Å². The Morgan fingerprint density at radius 3 is 1.85 bits per heavy atom. The maximum Gasteiger partial charge on any atom is 0.268 e. The molecule has 10 heteroatoms. The van der Waals surface area contributed by atoms with Crippen LogP contribution in [0.4, 0.5) is 0 Å². The molecule has 0 bridgehead atoms. The van der Waals surface area contributed by atoms with Crippen LogP contribution in [0, 0.1) is 0 Å². The van der Waals surface area contributed by atoms with Crippen LogP contribution in [0.3, 0.4) is 0 Å². The summed E-state index contributed by atoms with van der Waals surface area (Å²) in [6.45, 7) is 0.0158. The molecule has 3 N–H and O–H groups in total. The number of hydrogen-bond acceptors (Lipinski definition) is 7. The molecule has 0 aliphatic carbocycles. The SMILES string of the molecule is NC(=O)CNC(=O)CCOCCN1C(=O)C(Sc2ccccc2)=C(Sc2ccccc2)C1=O. The van der Waals surface area contributed by atoms with Gasteiger partial charge in [-0.25, -0.2) is 0 Å². The number of imide groups is 1. The van der Waals surface area contributed by atoms with E-state index < -0.39 is 5.91 Å². The van der Waals surface area contributed by atoms with Crippen molar-refractivity contribution in [3.8, 4) is 0 Å². The highest BCUT2D eigenvalue weighted by Gasteiger charge is 2.39. The molecule has 2 aromatic rings. The molecule has 0 saturated carbocycles. The molecule has 33 heavy (non-hydrogen) atoms. The molecule has 3 rings (SSSR count). The van der Waals surface area contributed by atoms with E-state index in [1.165, 1.54) is 28.4 Å². The normalized spacial score (nSPS) is 13.5. The molecule has 172 valence electrons. The number of hydrogen-bond donors (Lipinski definition) is 2. The van der Waals surface area contributed by atoms with Crippen LogP contribution >= 0.6 is 23.5 Å². The molecular weight excluding hydrogens is 462 g/mol. The van der Waals surface area contributed by atoms with Crippen molar-refractivity contribution >= 4 is 47.2 Å². The summed E-state index contributed by atoms with van der Waals surface area (Å²) in [5.41, 5.74) is 4.97. The summed E-state index contributed by atoms with van der Waals surface area (Å²) in [6.07, 6.45) is 0.0393. The molecule has 0 unspecified atom stereocenters. The number of rotatable bonds is 12. The Morgan fingerprint density at radius 2 is 1.36 bits per heavy atom. The molecule has 0 saturated heterocycles. The van der Waals surface area contributed by atoms with Crippen molar-refractivity contribution in [2.24, 2.45) is 5.73 Å². The third kappa shape index (κ3) is 7.21. The lowest BCUT2D eigenvalue weighted by Gasteiger charge is -2.15. The average Bonchev–Trinajstić information content (AvgIpc) is 3.03. The van der Waals surface area contributed by atoms with Crippen molar-refractivity contribution in [3.63, 3.8) is 0 Å². The number of nitrogens with one attached hydrogen (secondary N) is 1. The first-order chi connectivity index (χ1) is 16.0. The van der Waals surface area contributed by atoms with Crippen LogP contribution < -0.4 is 11.1 Å². The van der Waals surface area contributed by atoms with E-state index in [0.717, 1.165) is 9.79 Å². The van der Waals surface area contributed by atoms with Gasteiger partial charge in [0.2, 0.25) is 11.8 Å². The Bertz CT molecular complexity index is 981. The monoisotopic (exact) mass is 485 g/mol. The van der Waals surface area contributed by atoms with Gasteiger partial charge in [-0.3, -0.25) is 24.1 Å². The Kier molecular flexibility index (Phi) is 9.11. The van der Waals surface area contributed by atoms with E-state index in [1.54, 1.807) is 0 Å². The lowest BCUT2D eigenvalue weighted by Crippen LogP contribution is -2.35. The molecule has 0 fully saturated rings. The lowest BCUT2D eigenvalue weighted by atomic mass is 10.4. The number of primary amides is 1. The van der Waals surface area contributed by atoms with Gasteiger partial charge in [-0.05, 0) is 24.3 Å². The van der Waals surface area contributed by atoms with Gasteiger partial charge < -0.3 is 15.8 Å². The number of carbonyl (C=O) groups is 4. The second-order valence-corrected chi connectivity index (χ2v) is 9.02. The summed E-state index contributed by atoms with van der Waals surface area (Å²) in [5.74, 6) is -1.73. The fraction of sp³-hybridized carbons (Fsp3) is 0.217. The van der Waals surface area contributed by atoms with Gasteiger partial charge in [0, 0.05) is 16.2 Å². The fourth-order valence-electron chi connectivity index (χ4n) is 2.82. The standard InChI is InChI=1S/C23H23N3O5S2/c24-18(27)15-25-19(28)11-13-31-14-12-26-22(29)20(32-16-7-3-1-4-8-16)21(23(26)30)33-17-9-5-2-6-10-17/h1-10H,11-15H2,(H2,24,27)(H,25,28). The third-order valence-corrected chi connectivity index (χ3v) is 6.71. The number of carbonyl (C=O) groups excluding carboxylic acids is 4. The van der Waals surface area contributed by atoms with Crippen molar-refractivity contribution in [1.82, 2.24) is 10.2 Å². The van der Waals surface area contributed by atoms with E-state index in [9.17, 15) is 19.2 Å². The largest absolute Gasteiger partial charge is 0.379 e. The van der Waals surface area contributed by atoms with E-state index in [0.29, 0.717) is 9.81 Å². The topological polar surface area (TPSA) is 119 Å². The number of nitrogens with zero attached hydrogens (tertiary/aromatic N) is 1. The van der Waals surface area contributed by atoms with Crippen molar-refractivity contribution in [2.45, 2.75) is 16.2 Å². The quantitative estimate of drug-likeness (QED) is 0.349. The van der Waals surface area contributed by atoms with Gasteiger partial charge in [-0.2, -0.15) is 0 Å². The van der Waals surface area contributed by atoms with Gasteiger partial charge in [0.25, 0.3) is 11.8 Å². The summed E-state index contributed by atoms with van der Waals surface area (Å²) in [5, 5.41) is 2.36. The summed E-state index contributed by atoms with van der Waals surface area (Å²) in [6, 6.07) is 18.8. The molecule has 1 heterocycles. The van der Waals surface area contributed by atoms with Crippen LogP contribution in [0.5, 0.6) is 0 Å². The highest BCUT2D eigenvalue weighted by molar-refractivity contribution is 8.08. The first-order valence-corrected chi connectivity index (χ1v) is 11.8. The van der Waals surface area contributed by atoms with Crippen molar-refractivity contribution in [1.29, 1.82) is 0 Å². The van der Waals surface area contributed by atoms with E-state index in [4.69, 9.17) is 10.5 Å². The highest BCUT2D eigenvalue weighted by atomic mass is 32.2. The summed E-state index contributed by atoms with van der Waals surface area (Å²) in [4.78, 5) is 52.1. The van der Waals surface area contributed by atoms with Gasteiger partial charge in [-0.15, -0.1) is 0 Å². The van der Waals surface area contributed by atoms with Gasteiger partial charge in [0.05, 0.1) is 36.1 Å². The number of benzene rings is 2. The number of ether oxygens (including phenoxy) is 1. The molecule has 0 aromatic heterocycles. The van der Waals surface area contributed by atoms with Crippen LogP contribution in [0.1, 0.15) is 6.42 Å². The smallest absolute Gasteiger partial charge is 0.268 e. The number of amides is 4. The van der Waals surface area contributed by atoms with Gasteiger partial charge in [-0.1, -0.05) is 59.9 Å². The Labute approximate surface area is 199 Å². The second kappa shape index (κ2) is 12.2. The van der Waals surface area contributed by atoms with Crippen molar-refractivity contribution in [3.05, 3.63) is 70.5 Å². The third-order valence-electron chi connectivity index (χ3n) is 4.40. The number of nitrogens with two attached hydrogens (primary N) is 1. The summed E-state index contributed by atoms with van der Waals surface area (Å²) in [7, 11) is 0. The minimum absolute atomic E-state index is 0.0393. The first-order valence-electron chi connectivity index (χ1n) is 10.1. The summed E-state index contributed by atoms with van der Waals surface area (Å²) < 4.78 is 5.42. The minimum Gasteiger partial charge on any atom is -0.379 e. The zero-order chi connectivity index (χ0) is 23.6. The Morgan fingerprint density at radius 1 is 0.848 bits per heavy atom. The zero-order valence-corrected chi connectivity index (χ0v) is 19.3. The first kappa shape index (κ1) is 24.6.